The van der Waals surface area contributed by atoms with Gasteiger partial charge in [0.2, 0.25) is 0 Å². The Hall–Kier alpha value is -2.04. The van der Waals surface area contributed by atoms with Crippen molar-refractivity contribution in [2.45, 2.75) is 0 Å². The Kier molecular flexibility index (Phi) is 4.83. The van der Waals surface area contributed by atoms with Crippen LogP contribution in [-0.4, -0.2) is 11.1 Å². The number of rotatable bonds is 4. The molecule has 0 aromatic heterocycles. The molecule has 2 rings (SSSR count). The zero-order valence-corrected chi connectivity index (χ0v) is 12.0. The fraction of sp³-hybridized carbons (Fsp3) is 0. The van der Waals surface area contributed by atoms with Crippen LogP contribution in [-0.2, 0) is 4.79 Å². The second kappa shape index (κ2) is 6.61. The van der Waals surface area contributed by atoms with E-state index >= 15 is 0 Å². The largest absolute Gasteiger partial charge is 0.478 e. The molecule has 0 aliphatic carbocycles. The maximum atomic E-state index is 13.9. The van der Waals surface area contributed by atoms with Crippen molar-refractivity contribution in [1.82, 2.24) is 0 Å². The quantitative estimate of drug-likeness (QED) is 0.802. The highest BCUT2D eigenvalue weighted by atomic mass is 35.5. The van der Waals surface area contributed by atoms with Crippen LogP contribution in [0.1, 0.15) is 5.56 Å². The summed E-state index contributed by atoms with van der Waals surface area (Å²) in [4.78, 5) is 10.6. The Morgan fingerprint density at radius 1 is 1.19 bits per heavy atom. The van der Waals surface area contributed by atoms with Crippen molar-refractivity contribution in [3.63, 3.8) is 0 Å². The maximum Gasteiger partial charge on any atom is 0.328 e. The smallest absolute Gasteiger partial charge is 0.328 e. The molecule has 0 amide bonds. The molecule has 0 unspecified atom stereocenters. The van der Waals surface area contributed by atoms with Crippen LogP contribution in [0.15, 0.2) is 42.5 Å². The summed E-state index contributed by atoms with van der Waals surface area (Å²) in [6.45, 7) is 0. The van der Waals surface area contributed by atoms with Crippen LogP contribution in [0.25, 0.3) is 6.08 Å². The molecular weight excluding hydrogens is 318 g/mol. The van der Waals surface area contributed by atoms with E-state index in [1.165, 1.54) is 42.5 Å². The first kappa shape index (κ1) is 15.4. The van der Waals surface area contributed by atoms with E-state index in [4.69, 9.17) is 33.0 Å². The normalized spacial score (nSPS) is 10.8. The predicted octanol–water partition coefficient (Wildman–Crippen LogP) is 5.02. The van der Waals surface area contributed by atoms with E-state index in [9.17, 15) is 9.18 Å². The minimum atomic E-state index is -1.14. The van der Waals surface area contributed by atoms with Crippen LogP contribution in [0, 0.1) is 5.82 Å². The Bertz CT molecular complexity index is 714. The van der Waals surface area contributed by atoms with Crippen LogP contribution in [0.3, 0.4) is 0 Å². The number of hydrogen-bond donors (Lipinski definition) is 1. The van der Waals surface area contributed by atoms with Crippen molar-refractivity contribution >= 4 is 35.2 Å². The van der Waals surface area contributed by atoms with Gasteiger partial charge in [-0.05, 0) is 24.3 Å². The first-order valence-corrected chi connectivity index (χ1v) is 6.55. The summed E-state index contributed by atoms with van der Waals surface area (Å²) in [5.74, 6) is -1.55. The molecule has 0 aliphatic heterocycles. The van der Waals surface area contributed by atoms with Crippen molar-refractivity contribution in [2.24, 2.45) is 0 Å². The summed E-state index contributed by atoms with van der Waals surface area (Å²) < 4.78 is 19.3. The van der Waals surface area contributed by atoms with Gasteiger partial charge in [0.25, 0.3) is 0 Å². The third-order valence-electron chi connectivity index (χ3n) is 2.51. The summed E-state index contributed by atoms with van der Waals surface area (Å²) in [5.41, 5.74) is 0.295. The first-order chi connectivity index (χ1) is 9.97. The summed E-state index contributed by atoms with van der Waals surface area (Å²) in [6, 6.07) is 8.71. The monoisotopic (exact) mass is 326 g/mol. The van der Waals surface area contributed by atoms with E-state index in [0.717, 1.165) is 6.08 Å². The Balaban J connectivity index is 2.38. The van der Waals surface area contributed by atoms with Crippen LogP contribution >= 0.6 is 23.2 Å². The molecule has 2 aromatic carbocycles. The van der Waals surface area contributed by atoms with Gasteiger partial charge in [0.15, 0.2) is 11.6 Å². The number of halogens is 3. The lowest BCUT2D eigenvalue weighted by molar-refractivity contribution is -0.131. The Morgan fingerprint density at radius 3 is 2.62 bits per heavy atom. The van der Waals surface area contributed by atoms with Gasteiger partial charge in [-0.15, -0.1) is 0 Å². The van der Waals surface area contributed by atoms with E-state index in [-0.39, 0.29) is 10.8 Å². The zero-order chi connectivity index (χ0) is 15.4. The maximum absolute atomic E-state index is 13.9. The highest BCUT2D eigenvalue weighted by Gasteiger charge is 2.10. The molecule has 0 spiro atoms. The fourth-order valence-corrected chi connectivity index (χ4v) is 1.87. The van der Waals surface area contributed by atoms with Crippen molar-refractivity contribution in [3.05, 3.63) is 63.9 Å². The lowest BCUT2D eigenvalue weighted by atomic mass is 10.1. The lowest BCUT2D eigenvalue weighted by Gasteiger charge is -2.10. The van der Waals surface area contributed by atoms with Gasteiger partial charge in [0.1, 0.15) is 5.75 Å². The second-order valence-electron chi connectivity index (χ2n) is 4.01. The summed E-state index contributed by atoms with van der Waals surface area (Å²) in [5, 5.41) is 9.26. The molecule has 0 saturated carbocycles. The molecule has 6 heteroatoms. The number of ether oxygens (including phenoxy) is 1. The molecule has 1 N–H and O–H groups in total. The highest BCUT2D eigenvalue weighted by molar-refractivity contribution is 6.42. The Morgan fingerprint density at radius 2 is 1.95 bits per heavy atom. The molecule has 0 fully saturated rings. The fourth-order valence-electron chi connectivity index (χ4n) is 1.58. The lowest BCUT2D eigenvalue weighted by Crippen LogP contribution is -1.93. The number of hydrogen-bond acceptors (Lipinski definition) is 2. The number of carboxylic acids is 1. The van der Waals surface area contributed by atoms with Gasteiger partial charge < -0.3 is 9.84 Å². The predicted molar refractivity (Wildman–Crippen MR) is 79.6 cm³/mol. The third-order valence-corrected chi connectivity index (χ3v) is 3.25. The molecule has 0 bridgehead atoms. The molecule has 0 aliphatic rings. The molecule has 108 valence electrons. The van der Waals surface area contributed by atoms with Gasteiger partial charge in [0, 0.05) is 17.7 Å². The summed E-state index contributed by atoms with van der Waals surface area (Å²) in [7, 11) is 0. The van der Waals surface area contributed by atoms with Crippen molar-refractivity contribution < 1.29 is 19.0 Å². The standard InChI is InChI=1S/C15H9Cl2FO3/c16-11-6-5-10(8-12(11)17)21-15-9(4-7-14(19)20)2-1-3-13(15)18/h1-8H,(H,19,20)/b7-4+. The molecule has 2 aromatic rings. The first-order valence-electron chi connectivity index (χ1n) is 5.80. The zero-order valence-electron chi connectivity index (χ0n) is 10.5. The number of para-hydroxylation sites is 1. The van der Waals surface area contributed by atoms with Gasteiger partial charge in [-0.3, -0.25) is 0 Å². The number of aliphatic carboxylic acids is 1. The van der Waals surface area contributed by atoms with Gasteiger partial charge in [-0.1, -0.05) is 35.3 Å². The molecule has 0 atom stereocenters. The minimum Gasteiger partial charge on any atom is -0.478 e. The van der Waals surface area contributed by atoms with Gasteiger partial charge in [-0.25, -0.2) is 9.18 Å². The van der Waals surface area contributed by atoms with Crippen LogP contribution in [0.2, 0.25) is 10.0 Å². The molecule has 3 nitrogen and oxygen atoms in total. The summed E-state index contributed by atoms with van der Waals surface area (Å²) in [6.07, 6.45) is 2.15. The van der Waals surface area contributed by atoms with Gasteiger partial charge >= 0.3 is 5.97 Å². The highest BCUT2D eigenvalue weighted by Crippen LogP contribution is 2.33. The van der Waals surface area contributed by atoms with E-state index < -0.39 is 11.8 Å². The Labute approximate surface area is 130 Å². The van der Waals surface area contributed by atoms with Crippen molar-refractivity contribution in [1.29, 1.82) is 0 Å². The van der Waals surface area contributed by atoms with Crippen molar-refractivity contribution in [2.75, 3.05) is 0 Å². The SMILES string of the molecule is O=C(O)/C=C/c1cccc(F)c1Oc1ccc(Cl)c(Cl)c1. The third kappa shape index (κ3) is 3.97. The number of carboxylic acid groups (broad SMARTS) is 1. The molecule has 21 heavy (non-hydrogen) atoms. The topological polar surface area (TPSA) is 46.5 Å². The van der Waals surface area contributed by atoms with Crippen LogP contribution in [0.4, 0.5) is 4.39 Å². The van der Waals surface area contributed by atoms with E-state index in [1.807, 2.05) is 0 Å². The van der Waals surface area contributed by atoms with Crippen LogP contribution in [0.5, 0.6) is 11.5 Å². The number of benzene rings is 2. The van der Waals surface area contributed by atoms with Crippen LogP contribution < -0.4 is 4.74 Å². The average molecular weight is 327 g/mol. The minimum absolute atomic E-state index is 0.0895. The van der Waals surface area contributed by atoms with E-state index in [0.29, 0.717) is 16.3 Å². The van der Waals surface area contributed by atoms with Gasteiger partial charge in [0.05, 0.1) is 10.0 Å². The van der Waals surface area contributed by atoms with E-state index in [2.05, 4.69) is 0 Å². The van der Waals surface area contributed by atoms with Gasteiger partial charge in [-0.2, -0.15) is 0 Å². The van der Waals surface area contributed by atoms with Crippen molar-refractivity contribution in [3.8, 4) is 11.5 Å². The molecular formula is C15H9Cl2FO3. The van der Waals surface area contributed by atoms with E-state index in [1.54, 1.807) is 0 Å². The number of carbonyl (C=O) groups is 1. The second-order valence-corrected chi connectivity index (χ2v) is 4.82. The molecule has 0 saturated heterocycles. The average Bonchev–Trinajstić information content (AvgIpc) is 2.43. The molecule has 0 radical (unpaired) electrons. The summed E-state index contributed by atoms with van der Waals surface area (Å²) >= 11 is 11.7. The molecule has 0 heterocycles.